The molecule has 2 aliphatic carbocycles. The van der Waals surface area contributed by atoms with Gasteiger partial charge in [0.15, 0.2) is 5.78 Å². The maximum absolute atomic E-state index is 12.6. The number of halogens is 1. The van der Waals surface area contributed by atoms with E-state index in [4.69, 9.17) is 17.3 Å². The van der Waals surface area contributed by atoms with Gasteiger partial charge in [0.25, 0.3) is 0 Å². The zero-order valence-corrected chi connectivity index (χ0v) is 12.5. The molecule has 0 radical (unpaired) electrons. The van der Waals surface area contributed by atoms with Gasteiger partial charge in [0, 0.05) is 11.5 Å². The number of nitrogen functional groups attached to an aromatic ring is 1. The highest BCUT2D eigenvalue weighted by atomic mass is 35.5. The molecule has 0 aliphatic heterocycles. The van der Waals surface area contributed by atoms with Gasteiger partial charge in [-0.1, -0.05) is 37.3 Å². The van der Waals surface area contributed by atoms with Crippen LogP contribution < -0.4 is 5.73 Å². The fourth-order valence-electron chi connectivity index (χ4n) is 4.03. The van der Waals surface area contributed by atoms with Crippen LogP contribution in [0.5, 0.6) is 0 Å². The molecule has 20 heavy (non-hydrogen) atoms. The summed E-state index contributed by atoms with van der Waals surface area (Å²) in [6, 6.07) is 5.28. The molecule has 2 N–H and O–H groups in total. The minimum atomic E-state index is 0.189. The van der Waals surface area contributed by atoms with Crippen molar-refractivity contribution >= 4 is 23.1 Å². The molecule has 2 fully saturated rings. The van der Waals surface area contributed by atoms with Gasteiger partial charge in [-0.2, -0.15) is 0 Å². The Balaban J connectivity index is 1.72. The molecule has 0 spiro atoms. The monoisotopic (exact) mass is 291 g/mol. The highest BCUT2D eigenvalue weighted by Crippen LogP contribution is 2.43. The van der Waals surface area contributed by atoms with E-state index in [1.165, 1.54) is 32.1 Å². The molecule has 1 aromatic rings. The van der Waals surface area contributed by atoms with Gasteiger partial charge in [-0.15, -0.1) is 0 Å². The largest absolute Gasteiger partial charge is 0.398 e. The number of hydrogen-bond donors (Lipinski definition) is 1. The van der Waals surface area contributed by atoms with Crippen LogP contribution in [-0.4, -0.2) is 5.78 Å². The second kappa shape index (κ2) is 5.77. The number of fused-ring (bicyclic) bond motifs is 1. The first kappa shape index (κ1) is 13.9. The van der Waals surface area contributed by atoms with Crippen LogP contribution in [-0.2, 0) is 0 Å². The Kier molecular flexibility index (Phi) is 4.02. The molecular weight excluding hydrogens is 270 g/mol. The predicted octanol–water partition coefficient (Wildman–Crippen LogP) is 4.71. The molecule has 0 amide bonds. The van der Waals surface area contributed by atoms with Crippen molar-refractivity contribution in [2.24, 2.45) is 17.8 Å². The summed E-state index contributed by atoms with van der Waals surface area (Å²) in [5, 5.41) is 0.488. The van der Waals surface area contributed by atoms with Gasteiger partial charge in [-0.3, -0.25) is 4.79 Å². The lowest BCUT2D eigenvalue weighted by molar-refractivity contribution is 0.0763. The summed E-state index contributed by atoms with van der Waals surface area (Å²) in [7, 11) is 0. The third kappa shape index (κ3) is 2.71. The lowest BCUT2D eigenvalue weighted by atomic mass is 9.66. The predicted molar refractivity (Wildman–Crippen MR) is 83.0 cm³/mol. The van der Waals surface area contributed by atoms with Crippen LogP contribution in [0.15, 0.2) is 18.2 Å². The van der Waals surface area contributed by atoms with Crippen molar-refractivity contribution in [1.29, 1.82) is 0 Å². The van der Waals surface area contributed by atoms with E-state index in [1.54, 1.807) is 12.1 Å². The summed E-state index contributed by atoms with van der Waals surface area (Å²) in [6.07, 6.45) is 8.76. The van der Waals surface area contributed by atoms with Gasteiger partial charge in [0.05, 0.1) is 10.7 Å². The van der Waals surface area contributed by atoms with E-state index in [1.807, 2.05) is 6.07 Å². The van der Waals surface area contributed by atoms with Gasteiger partial charge in [-0.25, -0.2) is 0 Å². The number of nitrogens with two attached hydrogens (primary N) is 1. The summed E-state index contributed by atoms with van der Waals surface area (Å²) < 4.78 is 0. The van der Waals surface area contributed by atoms with E-state index in [0.29, 0.717) is 10.7 Å². The highest BCUT2D eigenvalue weighted by Gasteiger charge is 2.35. The number of benzene rings is 1. The number of anilines is 1. The first-order chi connectivity index (χ1) is 9.65. The molecule has 3 rings (SSSR count). The second-order valence-corrected chi connectivity index (χ2v) is 6.82. The summed E-state index contributed by atoms with van der Waals surface area (Å²) in [5.41, 5.74) is 6.98. The Morgan fingerprint density at radius 3 is 2.60 bits per heavy atom. The third-order valence-electron chi connectivity index (χ3n) is 5.20. The molecule has 0 aromatic heterocycles. The molecule has 2 saturated carbocycles. The van der Waals surface area contributed by atoms with E-state index in [-0.39, 0.29) is 11.7 Å². The Morgan fingerprint density at radius 2 is 1.85 bits per heavy atom. The van der Waals surface area contributed by atoms with Gasteiger partial charge < -0.3 is 5.73 Å². The average molecular weight is 292 g/mol. The van der Waals surface area contributed by atoms with Crippen molar-refractivity contribution in [1.82, 2.24) is 0 Å². The quantitative estimate of drug-likeness (QED) is 0.633. The molecule has 108 valence electrons. The zero-order chi connectivity index (χ0) is 14.1. The van der Waals surface area contributed by atoms with Crippen LogP contribution in [0.2, 0.25) is 5.02 Å². The molecule has 2 nitrogen and oxygen atoms in total. The molecule has 2 aliphatic rings. The van der Waals surface area contributed by atoms with E-state index in [0.717, 1.165) is 30.2 Å². The van der Waals surface area contributed by atoms with Crippen LogP contribution in [0.4, 0.5) is 5.69 Å². The van der Waals surface area contributed by atoms with E-state index in [2.05, 4.69) is 0 Å². The molecule has 3 atom stereocenters. The third-order valence-corrected chi connectivity index (χ3v) is 5.52. The zero-order valence-electron chi connectivity index (χ0n) is 11.8. The Morgan fingerprint density at radius 1 is 1.10 bits per heavy atom. The van der Waals surface area contributed by atoms with Crippen molar-refractivity contribution in [2.45, 2.75) is 44.9 Å². The van der Waals surface area contributed by atoms with Gasteiger partial charge >= 0.3 is 0 Å². The number of hydrogen-bond acceptors (Lipinski definition) is 2. The topological polar surface area (TPSA) is 43.1 Å². The molecule has 3 heteroatoms. The number of Topliss-reactive ketones (excluding diaryl/α,β-unsaturated/α-hetero) is 1. The first-order valence-electron chi connectivity index (χ1n) is 7.74. The Labute approximate surface area is 125 Å². The van der Waals surface area contributed by atoms with E-state index >= 15 is 0 Å². The molecule has 3 unspecified atom stereocenters. The van der Waals surface area contributed by atoms with Crippen molar-refractivity contribution in [3.8, 4) is 0 Å². The molecule has 0 saturated heterocycles. The SMILES string of the molecule is Nc1ccc(C(=O)C2CCC3CCCCC3C2)cc1Cl. The van der Waals surface area contributed by atoms with Gasteiger partial charge in [0.1, 0.15) is 0 Å². The summed E-state index contributed by atoms with van der Waals surface area (Å²) in [5.74, 6) is 2.10. The molecule has 1 aromatic carbocycles. The summed E-state index contributed by atoms with van der Waals surface area (Å²) >= 11 is 6.03. The maximum Gasteiger partial charge on any atom is 0.166 e. The molecule has 0 bridgehead atoms. The Hall–Kier alpha value is -1.02. The van der Waals surface area contributed by atoms with Crippen molar-refractivity contribution < 1.29 is 4.79 Å². The van der Waals surface area contributed by atoms with Gasteiger partial charge in [-0.05, 0) is 49.3 Å². The Bertz CT molecular complexity index is 514. The van der Waals surface area contributed by atoms with Crippen LogP contribution >= 0.6 is 11.6 Å². The molecular formula is C17H22ClNO. The van der Waals surface area contributed by atoms with Crippen LogP contribution in [0.3, 0.4) is 0 Å². The minimum absolute atomic E-state index is 0.189. The number of ketones is 1. The summed E-state index contributed by atoms with van der Waals surface area (Å²) in [6.45, 7) is 0. The maximum atomic E-state index is 12.6. The number of carbonyl (C=O) groups excluding carboxylic acids is 1. The fourth-order valence-corrected chi connectivity index (χ4v) is 4.21. The smallest absolute Gasteiger partial charge is 0.166 e. The van der Waals surface area contributed by atoms with Crippen molar-refractivity contribution in [2.75, 3.05) is 5.73 Å². The minimum Gasteiger partial charge on any atom is -0.398 e. The second-order valence-electron chi connectivity index (χ2n) is 6.42. The van der Waals surface area contributed by atoms with E-state index < -0.39 is 0 Å². The van der Waals surface area contributed by atoms with Crippen LogP contribution in [0.1, 0.15) is 55.3 Å². The number of rotatable bonds is 2. The average Bonchev–Trinajstić information content (AvgIpc) is 2.49. The molecule has 0 heterocycles. The highest BCUT2D eigenvalue weighted by molar-refractivity contribution is 6.33. The standard InChI is InChI=1S/C17H22ClNO/c18-15-10-14(7-8-16(15)19)17(20)13-6-5-11-3-1-2-4-12(11)9-13/h7-8,10-13H,1-6,9,19H2. The van der Waals surface area contributed by atoms with Crippen molar-refractivity contribution in [3.63, 3.8) is 0 Å². The van der Waals surface area contributed by atoms with E-state index in [9.17, 15) is 4.79 Å². The first-order valence-corrected chi connectivity index (χ1v) is 8.12. The van der Waals surface area contributed by atoms with Crippen LogP contribution in [0.25, 0.3) is 0 Å². The lowest BCUT2D eigenvalue weighted by Crippen LogP contribution is -2.31. The van der Waals surface area contributed by atoms with Crippen LogP contribution in [0, 0.1) is 17.8 Å². The summed E-state index contributed by atoms with van der Waals surface area (Å²) in [4.78, 5) is 12.6. The van der Waals surface area contributed by atoms with Gasteiger partial charge in [0.2, 0.25) is 0 Å². The number of carbonyl (C=O) groups is 1. The normalized spacial score (nSPS) is 29.8. The lowest BCUT2D eigenvalue weighted by Gasteiger charge is -2.38. The van der Waals surface area contributed by atoms with Crippen molar-refractivity contribution in [3.05, 3.63) is 28.8 Å². The fraction of sp³-hybridized carbons (Fsp3) is 0.588.